The van der Waals surface area contributed by atoms with Crippen molar-refractivity contribution in [1.29, 1.82) is 0 Å². The summed E-state index contributed by atoms with van der Waals surface area (Å²) in [5.74, 6) is -0.450. The van der Waals surface area contributed by atoms with Crippen LogP contribution in [0.1, 0.15) is 48.5 Å². The van der Waals surface area contributed by atoms with Crippen LogP contribution in [0.2, 0.25) is 0 Å². The molecule has 1 atom stereocenters. The van der Waals surface area contributed by atoms with Gasteiger partial charge in [0.25, 0.3) is 0 Å². The van der Waals surface area contributed by atoms with E-state index in [1.54, 1.807) is 12.1 Å². The number of benzene rings is 2. The molecule has 2 saturated heterocycles. The van der Waals surface area contributed by atoms with Gasteiger partial charge in [-0.15, -0.1) is 0 Å². The molecule has 186 valence electrons. The Balaban J connectivity index is 1.44. The molecule has 34 heavy (non-hydrogen) atoms. The standard InChI is InChI=1S/C24H32FN3O4S2/c1-33(29,30)27-15-12-21(13-16-27)26-22-11-10-20(23(25)17-22)18-28-14-6-5-9-24(34(28,31)32)19-7-3-2-4-8-19/h2-4,7-8,10-11,17,21,24,26H,5-6,9,12-16,18H2,1H3. The summed E-state index contributed by atoms with van der Waals surface area (Å²) in [6, 6.07) is 14.1. The molecule has 2 fully saturated rings. The van der Waals surface area contributed by atoms with Gasteiger partial charge in [-0.3, -0.25) is 0 Å². The minimum absolute atomic E-state index is 0.00449. The summed E-state index contributed by atoms with van der Waals surface area (Å²) in [6.45, 7) is 1.26. The van der Waals surface area contributed by atoms with Gasteiger partial charge in [0, 0.05) is 43.5 Å². The summed E-state index contributed by atoms with van der Waals surface area (Å²) < 4.78 is 68.1. The molecule has 0 bridgehead atoms. The van der Waals surface area contributed by atoms with Gasteiger partial charge in [0.1, 0.15) is 11.1 Å². The van der Waals surface area contributed by atoms with E-state index >= 15 is 4.39 Å². The summed E-state index contributed by atoms with van der Waals surface area (Å²) in [7, 11) is -6.81. The normalized spacial score (nSPS) is 22.8. The maximum atomic E-state index is 15.0. The predicted molar refractivity (Wildman–Crippen MR) is 132 cm³/mol. The third-order valence-electron chi connectivity index (χ3n) is 6.71. The topological polar surface area (TPSA) is 86.8 Å². The van der Waals surface area contributed by atoms with Crippen molar-refractivity contribution >= 4 is 25.7 Å². The van der Waals surface area contributed by atoms with E-state index < -0.39 is 31.1 Å². The third-order valence-corrected chi connectivity index (χ3v) is 10.3. The minimum atomic E-state index is -3.62. The Kier molecular flexibility index (Phi) is 7.61. The molecule has 0 aliphatic carbocycles. The molecule has 0 amide bonds. The Bertz CT molecular complexity index is 1200. The van der Waals surface area contributed by atoms with E-state index in [-0.39, 0.29) is 12.6 Å². The molecule has 0 aromatic heterocycles. The highest BCUT2D eigenvalue weighted by Gasteiger charge is 2.35. The Morgan fingerprint density at radius 2 is 1.71 bits per heavy atom. The molecule has 1 N–H and O–H groups in total. The van der Waals surface area contributed by atoms with Crippen molar-refractivity contribution in [3.63, 3.8) is 0 Å². The maximum Gasteiger partial charge on any atom is 0.221 e. The average molecular weight is 510 g/mol. The maximum absolute atomic E-state index is 15.0. The van der Waals surface area contributed by atoms with Crippen LogP contribution in [0.5, 0.6) is 0 Å². The Hall–Kier alpha value is -2.01. The minimum Gasteiger partial charge on any atom is -0.382 e. The lowest BCUT2D eigenvalue weighted by Gasteiger charge is -2.31. The van der Waals surface area contributed by atoms with Gasteiger partial charge in [0.05, 0.1) is 6.26 Å². The zero-order chi connectivity index (χ0) is 24.3. The number of rotatable bonds is 6. The monoisotopic (exact) mass is 509 g/mol. The van der Waals surface area contributed by atoms with Gasteiger partial charge in [-0.2, -0.15) is 4.31 Å². The van der Waals surface area contributed by atoms with E-state index in [0.717, 1.165) is 18.4 Å². The van der Waals surface area contributed by atoms with E-state index in [9.17, 15) is 16.8 Å². The molecule has 7 nitrogen and oxygen atoms in total. The van der Waals surface area contributed by atoms with Gasteiger partial charge in [-0.05, 0) is 43.4 Å². The number of halogens is 1. The van der Waals surface area contributed by atoms with E-state index in [4.69, 9.17) is 0 Å². The number of hydrogen-bond donors (Lipinski definition) is 1. The van der Waals surface area contributed by atoms with Crippen molar-refractivity contribution in [2.75, 3.05) is 31.2 Å². The van der Waals surface area contributed by atoms with Crippen LogP contribution < -0.4 is 5.32 Å². The second-order valence-electron chi connectivity index (χ2n) is 9.16. The summed E-state index contributed by atoms with van der Waals surface area (Å²) in [5, 5.41) is 2.67. The fourth-order valence-electron chi connectivity index (χ4n) is 4.77. The highest BCUT2D eigenvalue weighted by Crippen LogP contribution is 2.34. The Morgan fingerprint density at radius 1 is 1.00 bits per heavy atom. The van der Waals surface area contributed by atoms with Crippen molar-refractivity contribution in [2.24, 2.45) is 0 Å². The number of piperidine rings is 1. The molecule has 0 spiro atoms. The quantitative estimate of drug-likeness (QED) is 0.642. The number of nitrogens with one attached hydrogen (secondary N) is 1. The van der Waals surface area contributed by atoms with Crippen molar-refractivity contribution in [3.8, 4) is 0 Å². The summed E-state index contributed by atoms with van der Waals surface area (Å²) in [6.07, 6.45) is 4.61. The van der Waals surface area contributed by atoms with Gasteiger partial charge >= 0.3 is 0 Å². The van der Waals surface area contributed by atoms with Crippen molar-refractivity contribution in [1.82, 2.24) is 8.61 Å². The summed E-state index contributed by atoms with van der Waals surface area (Å²) in [5.41, 5.74) is 1.73. The number of nitrogens with zero attached hydrogens (tertiary/aromatic N) is 2. The molecular formula is C24H32FN3O4S2. The van der Waals surface area contributed by atoms with Crippen molar-refractivity contribution in [3.05, 3.63) is 65.5 Å². The van der Waals surface area contributed by atoms with Gasteiger partial charge in [-0.1, -0.05) is 42.8 Å². The van der Waals surface area contributed by atoms with Crippen LogP contribution in [0.3, 0.4) is 0 Å². The van der Waals surface area contributed by atoms with Gasteiger partial charge in [-0.25, -0.2) is 25.5 Å². The van der Waals surface area contributed by atoms with E-state index in [2.05, 4.69) is 5.32 Å². The van der Waals surface area contributed by atoms with Crippen LogP contribution in [-0.4, -0.2) is 57.4 Å². The molecule has 0 radical (unpaired) electrons. The molecule has 2 aromatic carbocycles. The summed E-state index contributed by atoms with van der Waals surface area (Å²) in [4.78, 5) is 0. The van der Waals surface area contributed by atoms with Crippen molar-refractivity contribution < 1.29 is 21.2 Å². The summed E-state index contributed by atoms with van der Waals surface area (Å²) >= 11 is 0. The first-order valence-corrected chi connectivity index (χ1v) is 15.0. The largest absolute Gasteiger partial charge is 0.382 e. The van der Waals surface area contributed by atoms with Crippen LogP contribution >= 0.6 is 0 Å². The molecule has 4 rings (SSSR count). The fraction of sp³-hybridized carbons (Fsp3) is 0.500. The third kappa shape index (κ3) is 5.79. The molecule has 0 saturated carbocycles. The molecule has 2 heterocycles. The lowest BCUT2D eigenvalue weighted by atomic mass is 10.1. The van der Waals surface area contributed by atoms with Crippen LogP contribution in [0, 0.1) is 5.82 Å². The first-order valence-electron chi connectivity index (χ1n) is 11.7. The van der Waals surface area contributed by atoms with Crippen LogP contribution in [0.15, 0.2) is 48.5 Å². The first-order chi connectivity index (χ1) is 16.1. The first kappa shape index (κ1) is 25.1. The smallest absolute Gasteiger partial charge is 0.221 e. The molecular weight excluding hydrogens is 477 g/mol. The SMILES string of the molecule is CS(=O)(=O)N1CCC(Nc2ccc(CN3CCCCC(c4ccccc4)S3(=O)=O)c(F)c2)CC1. The number of hydrogen-bond acceptors (Lipinski definition) is 5. The molecule has 10 heteroatoms. The van der Waals surface area contributed by atoms with Crippen LogP contribution in [0.4, 0.5) is 10.1 Å². The molecule has 2 aliphatic rings. The van der Waals surface area contributed by atoms with Crippen molar-refractivity contribution in [2.45, 2.75) is 49.9 Å². The van der Waals surface area contributed by atoms with Gasteiger partial charge < -0.3 is 5.32 Å². The fourth-order valence-corrected chi connectivity index (χ4v) is 7.67. The molecule has 2 aromatic rings. The van der Waals surface area contributed by atoms with Crippen LogP contribution in [0.25, 0.3) is 0 Å². The second kappa shape index (κ2) is 10.3. The molecule has 1 unspecified atom stereocenters. The zero-order valence-electron chi connectivity index (χ0n) is 19.4. The lowest BCUT2D eigenvalue weighted by molar-refractivity contribution is 0.332. The van der Waals surface area contributed by atoms with E-state index in [0.29, 0.717) is 50.1 Å². The predicted octanol–water partition coefficient (Wildman–Crippen LogP) is 3.72. The molecule has 2 aliphatic heterocycles. The second-order valence-corrected chi connectivity index (χ2v) is 13.3. The number of sulfonamides is 2. The Labute approximate surface area is 202 Å². The van der Waals surface area contributed by atoms with E-state index in [1.165, 1.54) is 20.9 Å². The Morgan fingerprint density at radius 3 is 2.35 bits per heavy atom. The van der Waals surface area contributed by atoms with Gasteiger partial charge in [0.2, 0.25) is 20.0 Å². The average Bonchev–Trinajstić information content (AvgIpc) is 2.94. The van der Waals surface area contributed by atoms with Crippen LogP contribution in [-0.2, 0) is 26.6 Å². The zero-order valence-corrected chi connectivity index (χ0v) is 21.0. The van der Waals surface area contributed by atoms with Gasteiger partial charge in [0.15, 0.2) is 0 Å². The highest BCUT2D eigenvalue weighted by atomic mass is 32.2. The van der Waals surface area contributed by atoms with E-state index in [1.807, 2.05) is 30.3 Å². The highest BCUT2D eigenvalue weighted by molar-refractivity contribution is 7.89. The number of anilines is 1. The lowest BCUT2D eigenvalue weighted by Crippen LogP contribution is -2.41.